The fraction of sp³-hybridized carbons (Fsp3) is 0.400. The zero-order valence-corrected chi connectivity index (χ0v) is 12.4. The number of aliphatic imine (C=N–C) groups is 1. The summed E-state index contributed by atoms with van der Waals surface area (Å²) in [5, 5.41) is 1.24. The van der Waals surface area contributed by atoms with Crippen molar-refractivity contribution in [2.75, 3.05) is 0 Å². The van der Waals surface area contributed by atoms with Gasteiger partial charge in [-0.1, -0.05) is 42.6 Å². The Bertz CT molecular complexity index is 527. The van der Waals surface area contributed by atoms with Gasteiger partial charge in [0.05, 0.1) is 10.7 Å². The van der Waals surface area contributed by atoms with Crippen LogP contribution in [0.2, 0.25) is 10.0 Å². The first-order chi connectivity index (χ1) is 8.35. The third-order valence-corrected chi connectivity index (χ3v) is 3.54. The molecule has 1 aliphatic carbocycles. The molecule has 0 saturated carbocycles. The third-order valence-electron chi connectivity index (χ3n) is 3.00. The smallest absolute Gasteiger partial charge is 0.0820 e. The minimum Gasteiger partial charge on any atom is -0.252 e. The Kier molecular flexibility index (Phi) is 3.84. The first-order valence-electron chi connectivity index (χ1n) is 6.05. The van der Waals surface area contributed by atoms with E-state index in [2.05, 4.69) is 31.8 Å². The summed E-state index contributed by atoms with van der Waals surface area (Å²) in [5.74, 6) is 0. The quantitative estimate of drug-likeness (QED) is 0.614. The zero-order chi connectivity index (χ0) is 13.3. The average Bonchev–Trinajstić information content (AvgIpc) is 2.19. The van der Waals surface area contributed by atoms with Crippen LogP contribution < -0.4 is 0 Å². The lowest BCUT2D eigenvalue weighted by Gasteiger charge is -2.29. The van der Waals surface area contributed by atoms with Gasteiger partial charge in [0, 0.05) is 10.7 Å². The Hall–Kier alpha value is -0.790. The van der Waals surface area contributed by atoms with E-state index in [0.29, 0.717) is 10.0 Å². The Morgan fingerprint density at radius 2 is 1.89 bits per heavy atom. The third kappa shape index (κ3) is 3.37. The Labute approximate surface area is 119 Å². The second kappa shape index (κ2) is 5.07. The molecule has 0 bridgehead atoms. The van der Waals surface area contributed by atoms with Crippen molar-refractivity contribution in [2.45, 2.75) is 33.6 Å². The predicted molar refractivity (Wildman–Crippen MR) is 80.3 cm³/mol. The first kappa shape index (κ1) is 13.6. The summed E-state index contributed by atoms with van der Waals surface area (Å²) < 4.78 is 0. The normalized spacial score (nSPS) is 20.9. The number of benzene rings is 1. The van der Waals surface area contributed by atoms with Crippen LogP contribution in [0.5, 0.6) is 0 Å². The average molecular weight is 282 g/mol. The van der Waals surface area contributed by atoms with Crippen LogP contribution >= 0.6 is 23.2 Å². The molecule has 1 nitrogen and oxygen atoms in total. The highest BCUT2D eigenvalue weighted by atomic mass is 35.5. The summed E-state index contributed by atoms with van der Waals surface area (Å²) in [6.07, 6.45) is 4.26. The van der Waals surface area contributed by atoms with Gasteiger partial charge >= 0.3 is 0 Å². The lowest BCUT2D eigenvalue weighted by Crippen LogP contribution is -2.21. The van der Waals surface area contributed by atoms with E-state index in [-0.39, 0.29) is 5.41 Å². The summed E-state index contributed by atoms with van der Waals surface area (Å²) in [7, 11) is 0. The number of halogens is 2. The highest BCUT2D eigenvalue weighted by Gasteiger charge is 2.24. The largest absolute Gasteiger partial charge is 0.252 e. The first-order valence-corrected chi connectivity index (χ1v) is 6.81. The van der Waals surface area contributed by atoms with Crippen molar-refractivity contribution in [1.82, 2.24) is 0 Å². The zero-order valence-electron chi connectivity index (χ0n) is 10.9. The molecule has 0 atom stereocenters. The highest BCUT2D eigenvalue weighted by Crippen LogP contribution is 2.36. The SMILES string of the molecule is CC1=CC(=Nc2ccc(Cl)cc2Cl)CC(C)(C)C1. The molecule has 0 aliphatic heterocycles. The summed E-state index contributed by atoms with van der Waals surface area (Å²) >= 11 is 12.0. The van der Waals surface area contributed by atoms with E-state index in [1.165, 1.54) is 5.57 Å². The molecule has 0 aromatic heterocycles. The Morgan fingerprint density at radius 3 is 2.50 bits per heavy atom. The van der Waals surface area contributed by atoms with Gasteiger partial charge in [-0.3, -0.25) is 4.99 Å². The van der Waals surface area contributed by atoms with Crippen molar-refractivity contribution >= 4 is 34.6 Å². The van der Waals surface area contributed by atoms with E-state index in [1.54, 1.807) is 6.07 Å². The van der Waals surface area contributed by atoms with Gasteiger partial charge in [0.2, 0.25) is 0 Å². The molecule has 0 radical (unpaired) electrons. The van der Waals surface area contributed by atoms with Crippen LogP contribution in [0.3, 0.4) is 0 Å². The summed E-state index contributed by atoms with van der Waals surface area (Å²) in [4.78, 5) is 4.65. The van der Waals surface area contributed by atoms with Crippen molar-refractivity contribution in [3.05, 3.63) is 39.9 Å². The number of allylic oxidation sites excluding steroid dienone is 2. The fourth-order valence-electron chi connectivity index (χ4n) is 2.49. The van der Waals surface area contributed by atoms with Crippen LogP contribution in [0, 0.1) is 5.41 Å². The van der Waals surface area contributed by atoms with Crippen LogP contribution in [-0.2, 0) is 0 Å². The van der Waals surface area contributed by atoms with Crippen molar-refractivity contribution in [3.63, 3.8) is 0 Å². The molecule has 1 aromatic rings. The van der Waals surface area contributed by atoms with Gasteiger partial charge in [0.1, 0.15) is 0 Å². The minimum absolute atomic E-state index is 0.274. The molecule has 96 valence electrons. The van der Waals surface area contributed by atoms with Crippen LogP contribution in [-0.4, -0.2) is 5.71 Å². The number of rotatable bonds is 1. The van der Waals surface area contributed by atoms with Gasteiger partial charge in [-0.25, -0.2) is 0 Å². The Morgan fingerprint density at radius 1 is 1.17 bits per heavy atom. The van der Waals surface area contributed by atoms with Crippen LogP contribution in [0.1, 0.15) is 33.6 Å². The van der Waals surface area contributed by atoms with Crippen molar-refractivity contribution in [2.24, 2.45) is 10.4 Å². The second-order valence-electron chi connectivity index (χ2n) is 5.71. The maximum atomic E-state index is 6.14. The highest BCUT2D eigenvalue weighted by molar-refractivity contribution is 6.36. The van der Waals surface area contributed by atoms with Gasteiger partial charge in [-0.05, 0) is 49.5 Å². The van der Waals surface area contributed by atoms with E-state index in [0.717, 1.165) is 24.2 Å². The maximum Gasteiger partial charge on any atom is 0.0820 e. The Balaban J connectivity index is 2.36. The lowest BCUT2D eigenvalue weighted by molar-refractivity contribution is 0.373. The van der Waals surface area contributed by atoms with Gasteiger partial charge in [-0.15, -0.1) is 0 Å². The molecular formula is C15H17Cl2N. The molecule has 18 heavy (non-hydrogen) atoms. The van der Waals surface area contributed by atoms with E-state index >= 15 is 0 Å². The summed E-state index contributed by atoms with van der Waals surface area (Å²) in [5.41, 5.74) is 3.53. The van der Waals surface area contributed by atoms with E-state index < -0.39 is 0 Å². The molecule has 3 heteroatoms. The fourth-order valence-corrected chi connectivity index (χ4v) is 2.94. The van der Waals surface area contributed by atoms with Gasteiger partial charge in [-0.2, -0.15) is 0 Å². The van der Waals surface area contributed by atoms with Crippen LogP contribution in [0.4, 0.5) is 5.69 Å². The van der Waals surface area contributed by atoms with Crippen molar-refractivity contribution < 1.29 is 0 Å². The van der Waals surface area contributed by atoms with E-state index in [4.69, 9.17) is 23.2 Å². The predicted octanol–water partition coefficient (Wildman–Crippen LogP) is 5.83. The van der Waals surface area contributed by atoms with Crippen LogP contribution in [0.15, 0.2) is 34.8 Å². The maximum absolute atomic E-state index is 6.14. The van der Waals surface area contributed by atoms with E-state index in [9.17, 15) is 0 Å². The molecule has 0 N–H and O–H groups in total. The van der Waals surface area contributed by atoms with E-state index in [1.807, 2.05) is 12.1 Å². The summed E-state index contributed by atoms with van der Waals surface area (Å²) in [6, 6.07) is 5.41. The topological polar surface area (TPSA) is 12.4 Å². The molecule has 2 rings (SSSR count). The molecular weight excluding hydrogens is 265 g/mol. The summed E-state index contributed by atoms with van der Waals surface area (Å²) in [6.45, 7) is 6.69. The molecule has 1 aliphatic rings. The van der Waals surface area contributed by atoms with Crippen molar-refractivity contribution in [3.8, 4) is 0 Å². The van der Waals surface area contributed by atoms with Gasteiger partial charge < -0.3 is 0 Å². The molecule has 0 amide bonds. The number of nitrogens with zero attached hydrogens (tertiary/aromatic N) is 1. The second-order valence-corrected chi connectivity index (χ2v) is 6.55. The molecule has 1 aromatic carbocycles. The molecule has 0 unspecified atom stereocenters. The van der Waals surface area contributed by atoms with Crippen LogP contribution in [0.25, 0.3) is 0 Å². The standard InChI is InChI=1S/C15H17Cl2N/c1-10-6-12(9-15(2,3)8-10)18-14-5-4-11(16)7-13(14)17/h4-7H,8-9H2,1-3H3. The monoisotopic (exact) mass is 281 g/mol. The van der Waals surface area contributed by atoms with Gasteiger partial charge in [0.15, 0.2) is 0 Å². The molecule has 0 spiro atoms. The minimum atomic E-state index is 0.274. The lowest BCUT2D eigenvalue weighted by atomic mass is 9.77. The van der Waals surface area contributed by atoms with Crippen molar-refractivity contribution in [1.29, 1.82) is 0 Å². The number of hydrogen-bond donors (Lipinski definition) is 0. The molecule has 0 fully saturated rings. The number of hydrogen-bond acceptors (Lipinski definition) is 1. The molecule has 0 heterocycles. The van der Waals surface area contributed by atoms with Gasteiger partial charge in [0.25, 0.3) is 0 Å². The molecule has 0 saturated heterocycles.